The Bertz CT molecular complexity index is 357. The van der Waals surface area contributed by atoms with Gasteiger partial charge in [-0.1, -0.05) is 19.8 Å². The second-order valence-electron chi connectivity index (χ2n) is 5.94. The topological polar surface area (TPSA) is 58.4 Å². The van der Waals surface area contributed by atoms with Gasteiger partial charge in [0.05, 0.1) is 6.54 Å². The summed E-state index contributed by atoms with van der Waals surface area (Å²) in [5.74, 6) is 3.28. The van der Waals surface area contributed by atoms with Gasteiger partial charge in [-0.3, -0.25) is 9.69 Å². The van der Waals surface area contributed by atoms with E-state index in [0.29, 0.717) is 25.0 Å². The van der Waals surface area contributed by atoms with Gasteiger partial charge >= 0.3 is 0 Å². The molecule has 2 atom stereocenters. The molecule has 4 heteroatoms. The van der Waals surface area contributed by atoms with Crippen molar-refractivity contribution < 1.29 is 4.79 Å². The number of carbonyl (C=O) groups excluding carboxylic acids is 1. The lowest BCUT2D eigenvalue weighted by molar-refractivity contribution is -0.124. The van der Waals surface area contributed by atoms with Gasteiger partial charge in [0.2, 0.25) is 5.91 Å². The molecule has 2 unspecified atom stereocenters. The summed E-state index contributed by atoms with van der Waals surface area (Å²) in [6, 6.07) is 0.437. The first-order valence-corrected chi connectivity index (χ1v) is 7.73. The fourth-order valence-electron chi connectivity index (χ4n) is 2.83. The van der Waals surface area contributed by atoms with E-state index in [9.17, 15) is 4.79 Å². The van der Waals surface area contributed by atoms with Gasteiger partial charge in [0.1, 0.15) is 5.54 Å². The molecule has 0 bridgehead atoms. The first kappa shape index (κ1) is 17.0. The van der Waals surface area contributed by atoms with E-state index in [1.54, 1.807) is 0 Å². The lowest BCUT2D eigenvalue weighted by atomic mass is 9.92. The average Bonchev–Trinajstić information content (AvgIpc) is 2.47. The minimum atomic E-state index is -0.497. The SMILES string of the molecule is C#CC(CC)(CC)NC(=O)CN1CC(CN)CCC1C. The Balaban J connectivity index is 2.59. The summed E-state index contributed by atoms with van der Waals surface area (Å²) in [7, 11) is 0. The van der Waals surface area contributed by atoms with E-state index in [2.05, 4.69) is 23.1 Å². The van der Waals surface area contributed by atoms with E-state index in [4.69, 9.17) is 12.2 Å². The highest BCUT2D eigenvalue weighted by Gasteiger charge is 2.29. The largest absolute Gasteiger partial charge is 0.339 e. The fraction of sp³-hybridized carbons (Fsp3) is 0.812. The number of piperidine rings is 1. The van der Waals surface area contributed by atoms with E-state index in [-0.39, 0.29) is 5.91 Å². The first-order chi connectivity index (χ1) is 9.50. The molecule has 0 aromatic heterocycles. The van der Waals surface area contributed by atoms with Crippen LogP contribution in [0.5, 0.6) is 0 Å². The summed E-state index contributed by atoms with van der Waals surface area (Å²) in [5.41, 5.74) is 5.26. The molecule has 0 spiro atoms. The second kappa shape index (κ2) is 7.66. The summed E-state index contributed by atoms with van der Waals surface area (Å²) in [6.07, 6.45) is 9.37. The van der Waals surface area contributed by atoms with Crippen LogP contribution in [-0.4, -0.2) is 42.0 Å². The van der Waals surface area contributed by atoms with Crippen molar-refractivity contribution in [2.24, 2.45) is 11.7 Å². The van der Waals surface area contributed by atoms with Crippen molar-refractivity contribution in [3.63, 3.8) is 0 Å². The van der Waals surface area contributed by atoms with Crippen LogP contribution in [0.2, 0.25) is 0 Å². The summed E-state index contributed by atoms with van der Waals surface area (Å²) >= 11 is 0. The summed E-state index contributed by atoms with van der Waals surface area (Å²) in [5, 5.41) is 3.03. The van der Waals surface area contributed by atoms with Crippen LogP contribution in [0, 0.1) is 18.3 Å². The van der Waals surface area contributed by atoms with Gasteiger partial charge in [0.15, 0.2) is 0 Å². The standard InChI is InChI=1S/C16H29N3O/c1-5-16(6-2,7-3)18-15(20)12-19-11-14(10-17)9-8-13(19)4/h1,13-14H,6-12,17H2,2-4H3,(H,18,20). The third-order valence-electron chi connectivity index (χ3n) is 4.65. The quantitative estimate of drug-likeness (QED) is 0.722. The summed E-state index contributed by atoms with van der Waals surface area (Å²) in [6.45, 7) is 8.22. The molecule has 4 nitrogen and oxygen atoms in total. The molecular weight excluding hydrogens is 250 g/mol. The minimum Gasteiger partial charge on any atom is -0.339 e. The molecule has 1 amide bonds. The molecule has 1 fully saturated rings. The zero-order valence-corrected chi connectivity index (χ0v) is 13.1. The van der Waals surface area contributed by atoms with E-state index in [0.717, 1.165) is 32.2 Å². The van der Waals surface area contributed by atoms with Gasteiger partial charge in [-0.25, -0.2) is 0 Å². The van der Waals surface area contributed by atoms with Crippen LogP contribution >= 0.6 is 0 Å². The molecule has 0 aliphatic carbocycles. The molecule has 114 valence electrons. The van der Waals surface area contributed by atoms with Gasteiger partial charge in [-0.05, 0) is 45.1 Å². The fourth-order valence-corrected chi connectivity index (χ4v) is 2.83. The van der Waals surface area contributed by atoms with Crippen LogP contribution in [0.25, 0.3) is 0 Å². The normalized spacial score (nSPS) is 24.1. The Labute approximate surface area is 123 Å². The molecule has 1 heterocycles. The molecule has 1 aliphatic rings. The predicted octanol–water partition coefficient (Wildman–Crippen LogP) is 1.35. The zero-order valence-electron chi connectivity index (χ0n) is 13.1. The van der Waals surface area contributed by atoms with Gasteiger partial charge in [-0.2, -0.15) is 0 Å². The molecule has 3 N–H and O–H groups in total. The molecule has 20 heavy (non-hydrogen) atoms. The highest BCUT2D eigenvalue weighted by Crippen LogP contribution is 2.21. The highest BCUT2D eigenvalue weighted by atomic mass is 16.2. The first-order valence-electron chi connectivity index (χ1n) is 7.73. The average molecular weight is 279 g/mol. The van der Waals surface area contributed by atoms with E-state index in [1.165, 1.54) is 0 Å². The second-order valence-corrected chi connectivity index (χ2v) is 5.94. The van der Waals surface area contributed by atoms with Crippen LogP contribution in [0.1, 0.15) is 46.5 Å². The van der Waals surface area contributed by atoms with Crippen molar-refractivity contribution in [1.82, 2.24) is 10.2 Å². The smallest absolute Gasteiger partial charge is 0.235 e. The van der Waals surface area contributed by atoms with Gasteiger partial charge < -0.3 is 11.1 Å². The van der Waals surface area contributed by atoms with Crippen molar-refractivity contribution in [3.8, 4) is 12.3 Å². The van der Waals surface area contributed by atoms with Gasteiger partial charge in [-0.15, -0.1) is 6.42 Å². The molecule has 1 saturated heterocycles. The number of nitrogens with two attached hydrogens (primary N) is 1. The van der Waals surface area contributed by atoms with Crippen LogP contribution < -0.4 is 11.1 Å². The Morgan fingerprint density at radius 2 is 2.10 bits per heavy atom. The molecule has 0 aromatic rings. The Kier molecular flexibility index (Phi) is 6.51. The lowest BCUT2D eigenvalue weighted by Gasteiger charge is -2.38. The number of rotatable bonds is 6. The van der Waals surface area contributed by atoms with E-state index < -0.39 is 5.54 Å². The molecule has 1 rings (SSSR count). The maximum atomic E-state index is 12.3. The van der Waals surface area contributed by atoms with Crippen molar-refractivity contribution in [2.45, 2.75) is 58.0 Å². The van der Waals surface area contributed by atoms with Crippen LogP contribution in [0.15, 0.2) is 0 Å². The van der Waals surface area contributed by atoms with Crippen molar-refractivity contribution >= 4 is 5.91 Å². The number of hydrogen-bond donors (Lipinski definition) is 2. The summed E-state index contributed by atoms with van der Waals surface area (Å²) in [4.78, 5) is 14.5. The molecular formula is C16H29N3O. The zero-order chi connectivity index (χ0) is 15.2. The third-order valence-corrected chi connectivity index (χ3v) is 4.65. The van der Waals surface area contributed by atoms with Crippen LogP contribution in [0.3, 0.4) is 0 Å². The van der Waals surface area contributed by atoms with Crippen molar-refractivity contribution in [1.29, 1.82) is 0 Å². The third kappa shape index (κ3) is 4.22. The predicted molar refractivity (Wildman–Crippen MR) is 83.1 cm³/mol. The molecule has 0 radical (unpaired) electrons. The molecule has 1 aliphatic heterocycles. The monoisotopic (exact) mass is 279 g/mol. The van der Waals surface area contributed by atoms with Crippen molar-refractivity contribution in [3.05, 3.63) is 0 Å². The number of terminal acetylenes is 1. The molecule has 0 aromatic carbocycles. The highest BCUT2D eigenvalue weighted by molar-refractivity contribution is 5.79. The number of carbonyl (C=O) groups is 1. The number of hydrogen-bond acceptors (Lipinski definition) is 3. The maximum Gasteiger partial charge on any atom is 0.235 e. The molecule has 0 saturated carbocycles. The van der Waals surface area contributed by atoms with Crippen molar-refractivity contribution in [2.75, 3.05) is 19.6 Å². The number of nitrogens with one attached hydrogen (secondary N) is 1. The number of amides is 1. The van der Waals surface area contributed by atoms with Crippen LogP contribution in [-0.2, 0) is 4.79 Å². The van der Waals surface area contributed by atoms with E-state index in [1.807, 2.05) is 13.8 Å². The van der Waals surface area contributed by atoms with Gasteiger partial charge in [0, 0.05) is 12.6 Å². The number of likely N-dealkylation sites (tertiary alicyclic amines) is 1. The van der Waals surface area contributed by atoms with Gasteiger partial charge in [0.25, 0.3) is 0 Å². The minimum absolute atomic E-state index is 0.0242. The number of nitrogens with zero attached hydrogens (tertiary/aromatic N) is 1. The Morgan fingerprint density at radius 1 is 1.45 bits per heavy atom. The Hall–Kier alpha value is -1.05. The maximum absolute atomic E-state index is 12.3. The summed E-state index contributed by atoms with van der Waals surface area (Å²) < 4.78 is 0. The lowest BCUT2D eigenvalue weighted by Crippen LogP contribution is -2.53. The van der Waals surface area contributed by atoms with Crippen LogP contribution in [0.4, 0.5) is 0 Å². The van der Waals surface area contributed by atoms with E-state index >= 15 is 0 Å². The Morgan fingerprint density at radius 3 is 2.60 bits per heavy atom.